The number of nitro benzene ring substituents is 1. The van der Waals surface area contributed by atoms with Crippen molar-refractivity contribution in [2.24, 2.45) is 0 Å². The molecule has 1 N–H and O–H groups in total. The molecular weight excluding hydrogens is 430 g/mol. The fraction of sp³-hybridized carbons (Fsp3) is 0.385. The summed E-state index contributed by atoms with van der Waals surface area (Å²) in [5.41, 5.74) is 3.07. The largest absolute Gasteiger partial charge is 0.368 e. The van der Waals surface area contributed by atoms with Crippen molar-refractivity contribution in [3.63, 3.8) is 0 Å². The van der Waals surface area contributed by atoms with Gasteiger partial charge in [0.25, 0.3) is 5.69 Å². The molecule has 2 aromatic carbocycles. The third-order valence-electron chi connectivity index (χ3n) is 6.91. The Kier molecular flexibility index (Phi) is 7.07. The normalized spacial score (nSPS) is 16.3. The Balaban J connectivity index is 1.44. The molecule has 1 amide bonds. The highest BCUT2D eigenvalue weighted by Gasteiger charge is 2.27. The second-order valence-electron chi connectivity index (χ2n) is 8.87. The van der Waals surface area contributed by atoms with Crippen molar-refractivity contribution in [3.05, 3.63) is 70.5 Å². The summed E-state index contributed by atoms with van der Waals surface area (Å²) < 4.78 is 0. The molecule has 2 heterocycles. The Hall–Kier alpha value is -3.52. The molecule has 1 aromatic heterocycles. The van der Waals surface area contributed by atoms with Crippen molar-refractivity contribution in [3.8, 4) is 0 Å². The van der Waals surface area contributed by atoms with E-state index in [1.807, 2.05) is 37.3 Å². The number of nitro groups is 1. The molecule has 0 radical (unpaired) electrons. The fourth-order valence-electron chi connectivity index (χ4n) is 4.61. The maximum Gasteiger partial charge on any atom is 0.278 e. The first-order valence-corrected chi connectivity index (χ1v) is 11.8. The number of nitrogens with one attached hydrogen (secondary N) is 1. The summed E-state index contributed by atoms with van der Waals surface area (Å²) >= 11 is 0. The van der Waals surface area contributed by atoms with E-state index in [2.05, 4.69) is 40.0 Å². The van der Waals surface area contributed by atoms with E-state index >= 15 is 0 Å². The minimum atomic E-state index is -0.370. The number of fused-ring (bicyclic) bond motifs is 1. The average molecular weight is 462 g/mol. The van der Waals surface area contributed by atoms with Crippen LogP contribution in [0.3, 0.4) is 0 Å². The zero-order valence-electron chi connectivity index (χ0n) is 19.9. The van der Waals surface area contributed by atoms with Gasteiger partial charge in [0.1, 0.15) is 0 Å². The summed E-state index contributed by atoms with van der Waals surface area (Å²) in [6.45, 7) is 9.19. The summed E-state index contributed by atoms with van der Waals surface area (Å²) in [6, 6.07) is 13.0. The van der Waals surface area contributed by atoms with Gasteiger partial charge in [-0.15, -0.1) is 0 Å². The molecule has 3 aromatic rings. The summed E-state index contributed by atoms with van der Waals surface area (Å²) in [5, 5.41) is 15.9. The number of anilines is 2. The van der Waals surface area contributed by atoms with E-state index in [9.17, 15) is 14.9 Å². The Morgan fingerprint density at radius 3 is 2.53 bits per heavy atom. The molecule has 1 aliphatic heterocycles. The van der Waals surface area contributed by atoms with Crippen LogP contribution >= 0.6 is 0 Å². The third-order valence-corrected chi connectivity index (χ3v) is 6.91. The molecule has 0 saturated carbocycles. The van der Waals surface area contributed by atoms with Gasteiger partial charge in [0.05, 0.1) is 16.4 Å². The highest BCUT2D eigenvalue weighted by atomic mass is 16.6. The van der Waals surface area contributed by atoms with Gasteiger partial charge in [-0.05, 0) is 43.0 Å². The van der Waals surface area contributed by atoms with E-state index in [0.29, 0.717) is 11.3 Å². The predicted molar refractivity (Wildman–Crippen MR) is 135 cm³/mol. The summed E-state index contributed by atoms with van der Waals surface area (Å²) in [5.74, 6) is 0.373. The highest BCUT2D eigenvalue weighted by molar-refractivity contribution is 5.99. The second kappa shape index (κ2) is 10.2. The van der Waals surface area contributed by atoms with Crippen molar-refractivity contribution >= 4 is 33.7 Å². The minimum Gasteiger partial charge on any atom is -0.368 e. The van der Waals surface area contributed by atoms with Gasteiger partial charge in [-0.2, -0.15) is 0 Å². The number of aromatic nitrogens is 1. The Morgan fingerprint density at radius 2 is 1.82 bits per heavy atom. The van der Waals surface area contributed by atoms with Crippen LogP contribution in [0.1, 0.15) is 38.7 Å². The van der Waals surface area contributed by atoms with Crippen LogP contribution in [-0.2, 0) is 4.79 Å². The van der Waals surface area contributed by atoms with Crippen molar-refractivity contribution in [2.75, 3.05) is 36.4 Å². The van der Waals surface area contributed by atoms with Crippen LogP contribution in [0.4, 0.5) is 17.1 Å². The molecule has 0 bridgehead atoms. The maximum absolute atomic E-state index is 13.1. The third kappa shape index (κ3) is 4.72. The molecule has 1 aliphatic rings. The quantitative estimate of drug-likeness (QED) is 0.401. The standard InChI is InChI=1S/C26H31N5O3/c1-4-18(2)20-7-5-6-8-23(20)28-26(32)19(3)29-13-15-30(16-14-29)24-9-10-25(31(33)34)22-17-27-12-11-21(22)24/h5-12,17-19H,4,13-16H2,1-3H3,(H,28,32)/t18-,19+/m1/s1. The smallest absolute Gasteiger partial charge is 0.278 e. The minimum absolute atomic E-state index is 0.00365. The molecule has 8 heteroatoms. The molecule has 178 valence electrons. The maximum atomic E-state index is 13.1. The van der Waals surface area contributed by atoms with Gasteiger partial charge in [0, 0.05) is 61.4 Å². The number of non-ortho nitro benzene ring substituents is 1. The Labute approximate surface area is 199 Å². The molecule has 1 saturated heterocycles. The Morgan fingerprint density at radius 1 is 1.09 bits per heavy atom. The van der Waals surface area contributed by atoms with Crippen molar-refractivity contribution in [1.29, 1.82) is 0 Å². The number of benzene rings is 2. The van der Waals surface area contributed by atoms with Crippen LogP contribution in [0.15, 0.2) is 54.9 Å². The summed E-state index contributed by atoms with van der Waals surface area (Å²) in [7, 11) is 0. The number of rotatable bonds is 7. The van der Waals surface area contributed by atoms with E-state index in [0.717, 1.165) is 54.9 Å². The van der Waals surface area contributed by atoms with E-state index < -0.39 is 0 Å². The lowest BCUT2D eigenvalue weighted by molar-refractivity contribution is -0.383. The van der Waals surface area contributed by atoms with Gasteiger partial charge in [0.2, 0.25) is 5.91 Å². The van der Waals surface area contributed by atoms with Crippen molar-refractivity contribution in [1.82, 2.24) is 9.88 Å². The lowest BCUT2D eigenvalue weighted by Crippen LogP contribution is -2.52. The summed E-state index contributed by atoms with van der Waals surface area (Å²) in [4.78, 5) is 32.6. The molecule has 1 fully saturated rings. The van der Waals surface area contributed by atoms with Crippen LogP contribution in [0.2, 0.25) is 0 Å². The second-order valence-corrected chi connectivity index (χ2v) is 8.87. The number of nitrogens with zero attached hydrogens (tertiary/aromatic N) is 4. The van der Waals surface area contributed by atoms with Crippen molar-refractivity contribution in [2.45, 2.75) is 39.2 Å². The fourth-order valence-corrected chi connectivity index (χ4v) is 4.61. The van der Waals surface area contributed by atoms with E-state index in [4.69, 9.17) is 0 Å². The SMILES string of the molecule is CC[C@@H](C)c1ccccc1NC(=O)[C@H](C)N1CCN(c2ccc([N+](=O)[O-])c3cnccc23)CC1. The number of carbonyl (C=O) groups is 1. The first-order valence-electron chi connectivity index (χ1n) is 11.8. The topological polar surface area (TPSA) is 91.6 Å². The lowest BCUT2D eigenvalue weighted by atomic mass is 9.97. The first kappa shape index (κ1) is 23.6. The summed E-state index contributed by atoms with van der Waals surface area (Å²) in [6.07, 6.45) is 4.23. The molecular formula is C26H31N5O3. The van der Waals surface area contributed by atoms with Crippen LogP contribution < -0.4 is 10.2 Å². The number of amides is 1. The van der Waals surface area contributed by atoms with E-state index in [1.165, 1.54) is 0 Å². The van der Waals surface area contributed by atoms with Crippen LogP contribution in [0, 0.1) is 10.1 Å². The van der Waals surface area contributed by atoms with Gasteiger partial charge in [-0.1, -0.05) is 32.0 Å². The van der Waals surface area contributed by atoms with E-state index in [1.54, 1.807) is 18.5 Å². The number of piperazine rings is 1. The predicted octanol–water partition coefficient (Wildman–Crippen LogP) is 4.81. The number of hydrogen-bond donors (Lipinski definition) is 1. The molecule has 4 rings (SSSR count). The zero-order valence-corrected chi connectivity index (χ0v) is 19.9. The first-order chi connectivity index (χ1) is 16.4. The Bertz CT molecular complexity index is 1190. The monoisotopic (exact) mass is 461 g/mol. The number of para-hydroxylation sites is 1. The number of carbonyl (C=O) groups excluding carboxylic acids is 1. The molecule has 2 atom stereocenters. The molecule has 0 spiro atoms. The molecule has 34 heavy (non-hydrogen) atoms. The highest BCUT2D eigenvalue weighted by Crippen LogP contribution is 2.33. The van der Waals surface area contributed by atoms with Gasteiger partial charge < -0.3 is 10.2 Å². The zero-order chi connectivity index (χ0) is 24.2. The molecule has 8 nitrogen and oxygen atoms in total. The average Bonchev–Trinajstić information content (AvgIpc) is 2.87. The number of pyridine rings is 1. The van der Waals surface area contributed by atoms with Crippen molar-refractivity contribution < 1.29 is 9.72 Å². The van der Waals surface area contributed by atoms with E-state index in [-0.39, 0.29) is 22.6 Å². The van der Waals surface area contributed by atoms with Gasteiger partial charge in [0.15, 0.2) is 0 Å². The number of hydrogen-bond acceptors (Lipinski definition) is 6. The van der Waals surface area contributed by atoms with Gasteiger partial charge in [-0.25, -0.2) is 0 Å². The van der Waals surface area contributed by atoms with Gasteiger partial charge >= 0.3 is 0 Å². The van der Waals surface area contributed by atoms with Crippen LogP contribution in [0.5, 0.6) is 0 Å². The van der Waals surface area contributed by atoms with Gasteiger partial charge in [-0.3, -0.25) is 24.8 Å². The molecule has 0 aliphatic carbocycles. The van der Waals surface area contributed by atoms with Crippen LogP contribution in [0.25, 0.3) is 10.8 Å². The molecule has 0 unspecified atom stereocenters. The van der Waals surface area contributed by atoms with Crippen LogP contribution in [-0.4, -0.2) is 52.9 Å². The lowest BCUT2D eigenvalue weighted by Gasteiger charge is -2.39.